The van der Waals surface area contributed by atoms with Crippen molar-refractivity contribution in [3.8, 4) is 0 Å². The predicted molar refractivity (Wildman–Crippen MR) is 74.7 cm³/mol. The summed E-state index contributed by atoms with van der Waals surface area (Å²) in [5.41, 5.74) is 0. The molecule has 1 saturated carbocycles. The third-order valence-electron chi connectivity index (χ3n) is 2.99. The summed E-state index contributed by atoms with van der Waals surface area (Å²) >= 11 is 0. The monoisotopic (exact) mass is 298 g/mol. The second kappa shape index (κ2) is 6.19. The summed E-state index contributed by atoms with van der Waals surface area (Å²) in [7, 11) is -2.10. The van der Waals surface area contributed by atoms with Gasteiger partial charge in [-0.1, -0.05) is 0 Å². The van der Waals surface area contributed by atoms with E-state index in [4.69, 9.17) is 0 Å². The molecule has 0 unspecified atom stereocenters. The third kappa shape index (κ3) is 3.91. The molecule has 0 aliphatic heterocycles. The van der Waals surface area contributed by atoms with Gasteiger partial charge in [-0.05, 0) is 32.0 Å². The maximum absolute atomic E-state index is 11.5. The second-order valence-electron chi connectivity index (χ2n) is 4.58. The summed E-state index contributed by atoms with van der Waals surface area (Å²) in [5.74, 6) is 0.884. The molecule has 2 rings (SSSR count). The lowest BCUT2D eigenvalue weighted by Gasteiger charge is -2.08. The van der Waals surface area contributed by atoms with Crippen LogP contribution in [0.3, 0.4) is 0 Å². The normalized spacial score (nSPS) is 14.8. The van der Waals surface area contributed by atoms with Crippen LogP contribution < -0.4 is 15.4 Å². The van der Waals surface area contributed by atoms with Gasteiger partial charge in [0.05, 0.1) is 0 Å². The van der Waals surface area contributed by atoms with E-state index < -0.39 is 10.0 Å². The van der Waals surface area contributed by atoms with E-state index in [0.717, 1.165) is 12.8 Å². The number of anilines is 1. The van der Waals surface area contributed by atoms with Gasteiger partial charge in [0.2, 0.25) is 15.9 Å². The van der Waals surface area contributed by atoms with E-state index in [1.807, 2.05) is 0 Å². The Morgan fingerprint density at radius 1 is 1.35 bits per heavy atom. The highest BCUT2D eigenvalue weighted by Gasteiger charge is 2.28. The molecule has 0 bridgehead atoms. The van der Waals surface area contributed by atoms with Crippen molar-refractivity contribution >= 4 is 21.7 Å². The van der Waals surface area contributed by atoms with Gasteiger partial charge in [-0.15, -0.1) is 0 Å². The van der Waals surface area contributed by atoms with E-state index in [-0.39, 0.29) is 16.7 Å². The van der Waals surface area contributed by atoms with Crippen molar-refractivity contribution in [2.75, 3.05) is 25.5 Å². The zero-order valence-electron chi connectivity index (χ0n) is 11.2. The van der Waals surface area contributed by atoms with E-state index in [1.165, 1.54) is 19.3 Å². The maximum atomic E-state index is 11.5. The first-order chi connectivity index (χ1) is 9.53. The number of aromatic nitrogens is 1. The number of amides is 1. The molecular weight excluding hydrogens is 280 g/mol. The summed E-state index contributed by atoms with van der Waals surface area (Å²) < 4.78 is 25.2. The quantitative estimate of drug-likeness (QED) is 0.612. The number of carbonyl (C=O) groups is 1. The lowest BCUT2D eigenvalue weighted by atomic mass is 10.4. The molecule has 3 N–H and O–H groups in total. The molecule has 8 heteroatoms. The van der Waals surface area contributed by atoms with Crippen LogP contribution in [-0.2, 0) is 14.8 Å². The zero-order chi connectivity index (χ0) is 14.6. The van der Waals surface area contributed by atoms with Crippen LogP contribution in [0.15, 0.2) is 23.2 Å². The molecule has 1 amide bonds. The van der Waals surface area contributed by atoms with Crippen LogP contribution in [0.4, 0.5) is 5.82 Å². The van der Waals surface area contributed by atoms with Crippen molar-refractivity contribution < 1.29 is 13.2 Å². The number of hydrogen-bond acceptors (Lipinski definition) is 5. The van der Waals surface area contributed by atoms with Gasteiger partial charge in [0, 0.05) is 25.2 Å². The Bertz CT molecular complexity index is 567. The van der Waals surface area contributed by atoms with Crippen LogP contribution in [0.5, 0.6) is 0 Å². The molecule has 20 heavy (non-hydrogen) atoms. The van der Waals surface area contributed by atoms with E-state index in [0.29, 0.717) is 18.9 Å². The molecule has 7 nitrogen and oxygen atoms in total. The lowest BCUT2D eigenvalue weighted by molar-refractivity contribution is -0.122. The molecule has 110 valence electrons. The standard InChI is InChI=1S/C12H18N4O3S/c1-13-20(18,19)10-4-5-11(16-8-10)14-6-7-15-12(17)9-2-3-9/h4-5,8-9,13H,2-3,6-7H2,1H3,(H,14,16)(H,15,17). The molecule has 0 atom stereocenters. The molecule has 1 aromatic rings. The summed E-state index contributed by atoms with van der Waals surface area (Å²) in [6.07, 6.45) is 3.27. The van der Waals surface area contributed by atoms with Crippen molar-refractivity contribution in [2.24, 2.45) is 5.92 Å². The highest BCUT2D eigenvalue weighted by molar-refractivity contribution is 7.89. The molecule has 0 spiro atoms. The van der Waals surface area contributed by atoms with E-state index >= 15 is 0 Å². The second-order valence-corrected chi connectivity index (χ2v) is 6.47. The molecule has 1 aliphatic rings. The molecule has 0 radical (unpaired) electrons. The maximum Gasteiger partial charge on any atom is 0.241 e. The van der Waals surface area contributed by atoms with Gasteiger partial charge in [-0.3, -0.25) is 4.79 Å². The van der Waals surface area contributed by atoms with Crippen molar-refractivity contribution in [3.63, 3.8) is 0 Å². The Morgan fingerprint density at radius 2 is 2.10 bits per heavy atom. The Kier molecular flexibility index (Phi) is 4.56. The average molecular weight is 298 g/mol. The summed E-state index contributed by atoms with van der Waals surface area (Å²) in [6, 6.07) is 3.07. The number of nitrogens with zero attached hydrogens (tertiary/aromatic N) is 1. The van der Waals surface area contributed by atoms with Crippen LogP contribution in [0.1, 0.15) is 12.8 Å². The van der Waals surface area contributed by atoms with Crippen LogP contribution in [0.2, 0.25) is 0 Å². The molecule has 0 saturated heterocycles. The van der Waals surface area contributed by atoms with E-state index in [1.54, 1.807) is 6.07 Å². The fourth-order valence-corrected chi connectivity index (χ4v) is 2.30. The van der Waals surface area contributed by atoms with Crippen LogP contribution >= 0.6 is 0 Å². The molecule has 0 aromatic carbocycles. The minimum Gasteiger partial charge on any atom is -0.368 e. The predicted octanol–water partition coefficient (Wildman–Crippen LogP) is -0.0722. The van der Waals surface area contributed by atoms with Gasteiger partial charge in [0.15, 0.2) is 0 Å². The Balaban J connectivity index is 1.77. The number of sulfonamides is 1. The van der Waals surface area contributed by atoms with Crippen molar-refractivity contribution in [3.05, 3.63) is 18.3 Å². The number of pyridine rings is 1. The SMILES string of the molecule is CNS(=O)(=O)c1ccc(NCCNC(=O)C2CC2)nc1. The number of nitrogens with one attached hydrogen (secondary N) is 3. The summed E-state index contributed by atoms with van der Waals surface area (Å²) in [4.78, 5) is 15.5. The van der Waals surface area contributed by atoms with Gasteiger partial charge in [0.1, 0.15) is 10.7 Å². The fourth-order valence-electron chi connectivity index (χ4n) is 1.63. The first-order valence-corrected chi connectivity index (χ1v) is 7.92. The first kappa shape index (κ1) is 14.7. The molecule has 1 fully saturated rings. The third-order valence-corrected chi connectivity index (χ3v) is 4.39. The van der Waals surface area contributed by atoms with Gasteiger partial charge >= 0.3 is 0 Å². The van der Waals surface area contributed by atoms with Crippen LogP contribution in [-0.4, -0.2) is 39.4 Å². The average Bonchev–Trinajstić information content (AvgIpc) is 3.28. The molecular formula is C12H18N4O3S. The minimum atomic E-state index is -3.45. The Morgan fingerprint density at radius 3 is 2.65 bits per heavy atom. The number of rotatable bonds is 7. The lowest BCUT2D eigenvalue weighted by Crippen LogP contribution is -2.29. The highest BCUT2D eigenvalue weighted by atomic mass is 32.2. The van der Waals surface area contributed by atoms with Crippen molar-refractivity contribution in [1.82, 2.24) is 15.0 Å². The topological polar surface area (TPSA) is 100 Å². The minimum absolute atomic E-state index is 0.107. The Hall–Kier alpha value is -1.67. The summed E-state index contributed by atoms with van der Waals surface area (Å²) in [5, 5.41) is 5.84. The number of hydrogen-bond donors (Lipinski definition) is 3. The van der Waals surface area contributed by atoms with Crippen molar-refractivity contribution in [1.29, 1.82) is 0 Å². The smallest absolute Gasteiger partial charge is 0.241 e. The van der Waals surface area contributed by atoms with Gasteiger partial charge < -0.3 is 10.6 Å². The first-order valence-electron chi connectivity index (χ1n) is 6.44. The van der Waals surface area contributed by atoms with Crippen LogP contribution in [0.25, 0.3) is 0 Å². The molecule has 1 aromatic heterocycles. The van der Waals surface area contributed by atoms with E-state index in [9.17, 15) is 13.2 Å². The zero-order valence-corrected chi connectivity index (χ0v) is 12.0. The van der Waals surface area contributed by atoms with Gasteiger partial charge in [0.25, 0.3) is 0 Å². The van der Waals surface area contributed by atoms with Crippen LogP contribution in [0, 0.1) is 5.92 Å². The van der Waals surface area contributed by atoms with Crippen molar-refractivity contribution in [2.45, 2.75) is 17.7 Å². The van der Waals surface area contributed by atoms with E-state index in [2.05, 4.69) is 20.3 Å². The largest absolute Gasteiger partial charge is 0.368 e. The molecule has 1 aliphatic carbocycles. The number of carbonyl (C=O) groups excluding carboxylic acids is 1. The summed E-state index contributed by atoms with van der Waals surface area (Å²) in [6.45, 7) is 1.07. The van der Waals surface area contributed by atoms with Gasteiger partial charge in [-0.2, -0.15) is 0 Å². The molecule has 1 heterocycles. The Labute approximate surface area is 118 Å². The fraction of sp³-hybridized carbons (Fsp3) is 0.500. The highest BCUT2D eigenvalue weighted by Crippen LogP contribution is 2.28. The van der Waals surface area contributed by atoms with Gasteiger partial charge in [-0.25, -0.2) is 18.1 Å².